The van der Waals surface area contributed by atoms with Crippen LogP contribution in [-0.4, -0.2) is 18.0 Å². The Bertz CT molecular complexity index is 234. The molecule has 0 bridgehead atoms. The Morgan fingerprint density at radius 2 is 1.62 bits per heavy atom. The summed E-state index contributed by atoms with van der Waals surface area (Å²) in [6, 6.07) is 0.522. The maximum Gasteiger partial charge on any atom is 0.224 e. The molecule has 1 amide bonds. The highest BCUT2D eigenvalue weighted by molar-refractivity contribution is 5.80. The number of nitrogens with one attached hydrogen (secondary N) is 1. The highest BCUT2D eigenvalue weighted by Crippen LogP contribution is 2.25. The quantitative estimate of drug-likeness (QED) is 0.704. The molecule has 2 aliphatic carbocycles. The summed E-state index contributed by atoms with van der Waals surface area (Å²) < 4.78 is 0. The van der Waals surface area contributed by atoms with Gasteiger partial charge in [0.25, 0.3) is 0 Å². The van der Waals surface area contributed by atoms with Crippen molar-refractivity contribution < 1.29 is 4.79 Å². The molecule has 0 aliphatic heterocycles. The third kappa shape index (κ3) is 2.97. The van der Waals surface area contributed by atoms with Crippen LogP contribution in [0.25, 0.3) is 0 Å². The Kier molecular flexibility index (Phi) is 4.22. The van der Waals surface area contributed by atoms with Gasteiger partial charge >= 0.3 is 0 Å². The first-order valence-electron chi connectivity index (χ1n) is 6.83. The molecule has 2 aliphatic rings. The molecular weight excluding hydrogens is 200 g/mol. The Morgan fingerprint density at radius 3 is 2.19 bits per heavy atom. The summed E-state index contributed by atoms with van der Waals surface area (Å²) in [6.07, 6.45) is 10.6. The lowest BCUT2D eigenvalue weighted by Crippen LogP contribution is -2.43. The summed E-state index contributed by atoms with van der Waals surface area (Å²) in [5.74, 6) is 0.306. The number of rotatable bonds is 2. The van der Waals surface area contributed by atoms with Gasteiger partial charge in [-0.15, -0.1) is 0 Å². The highest BCUT2D eigenvalue weighted by atomic mass is 16.2. The minimum absolute atomic E-state index is 0.0863. The van der Waals surface area contributed by atoms with Gasteiger partial charge in [0.15, 0.2) is 0 Å². The van der Waals surface area contributed by atoms with Crippen molar-refractivity contribution in [2.45, 2.75) is 69.9 Å². The average Bonchev–Trinajstić information content (AvgIpc) is 2.53. The molecule has 0 aromatic rings. The van der Waals surface area contributed by atoms with Gasteiger partial charge in [-0.05, 0) is 25.7 Å². The Hall–Kier alpha value is -0.570. The van der Waals surface area contributed by atoms with Gasteiger partial charge in [0, 0.05) is 12.1 Å². The van der Waals surface area contributed by atoms with Crippen molar-refractivity contribution >= 4 is 5.91 Å². The third-order valence-corrected chi connectivity index (χ3v) is 4.11. The third-order valence-electron chi connectivity index (χ3n) is 4.11. The first-order chi connectivity index (χ1) is 7.77. The Labute approximate surface area is 98.2 Å². The lowest BCUT2D eigenvalue weighted by molar-refractivity contribution is -0.125. The first kappa shape index (κ1) is 11.9. The molecular formula is C13H24N2O. The topological polar surface area (TPSA) is 55.1 Å². The van der Waals surface area contributed by atoms with E-state index in [0.29, 0.717) is 6.04 Å². The van der Waals surface area contributed by atoms with Gasteiger partial charge in [0.1, 0.15) is 0 Å². The molecule has 0 radical (unpaired) electrons. The van der Waals surface area contributed by atoms with E-state index in [4.69, 9.17) is 5.73 Å². The molecule has 0 aromatic heterocycles. The fourth-order valence-corrected chi connectivity index (χ4v) is 3.05. The largest absolute Gasteiger partial charge is 0.353 e. The summed E-state index contributed by atoms with van der Waals surface area (Å²) >= 11 is 0. The van der Waals surface area contributed by atoms with Crippen LogP contribution in [0.5, 0.6) is 0 Å². The monoisotopic (exact) mass is 224 g/mol. The lowest BCUT2D eigenvalue weighted by atomic mass is 10.0. The van der Waals surface area contributed by atoms with E-state index in [1.165, 1.54) is 25.7 Å². The minimum atomic E-state index is 0.0863. The van der Waals surface area contributed by atoms with Crippen LogP contribution in [0.15, 0.2) is 0 Å². The molecule has 0 saturated heterocycles. The summed E-state index contributed by atoms with van der Waals surface area (Å²) in [4.78, 5) is 12.0. The predicted octanol–water partition coefficient (Wildman–Crippen LogP) is 1.95. The molecule has 2 rings (SSSR count). The molecule has 0 aromatic carbocycles. The van der Waals surface area contributed by atoms with Crippen LogP contribution >= 0.6 is 0 Å². The number of carbonyl (C=O) groups is 1. The number of hydrogen-bond donors (Lipinski definition) is 2. The standard InChI is InChI=1S/C13H24N2O/c14-12-9-5-8-11(12)13(16)15-10-6-3-1-2-4-7-10/h10-12H,1-9,14H2,(H,15,16). The molecule has 3 nitrogen and oxygen atoms in total. The van der Waals surface area contributed by atoms with Crippen LogP contribution in [0.3, 0.4) is 0 Å². The Morgan fingerprint density at radius 1 is 0.938 bits per heavy atom. The summed E-state index contributed by atoms with van der Waals surface area (Å²) in [6.45, 7) is 0. The summed E-state index contributed by atoms with van der Waals surface area (Å²) in [7, 11) is 0. The van der Waals surface area contributed by atoms with Crippen molar-refractivity contribution in [2.24, 2.45) is 11.7 Å². The van der Waals surface area contributed by atoms with Crippen molar-refractivity contribution in [1.29, 1.82) is 0 Å². The van der Waals surface area contributed by atoms with Crippen LogP contribution in [0.1, 0.15) is 57.8 Å². The predicted molar refractivity (Wildman–Crippen MR) is 64.9 cm³/mol. The van der Waals surface area contributed by atoms with E-state index in [-0.39, 0.29) is 17.9 Å². The molecule has 0 heterocycles. The number of amides is 1. The fraction of sp³-hybridized carbons (Fsp3) is 0.923. The smallest absolute Gasteiger partial charge is 0.224 e. The molecule has 0 spiro atoms. The van der Waals surface area contributed by atoms with Crippen molar-refractivity contribution in [2.75, 3.05) is 0 Å². The minimum Gasteiger partial charge on any atom is -0.353 e. The van der Waals surface area contributed by atoms with E-state index in [9.17, 15) is 4.79 Å². The highest BCUT2D eigenvalue weighted by Gasteiger charge is 2.31. The normalized spacial score (nSPS) is 32.3. The van der Waals surface area contributed by atoms with E-state index < -0.39 is 0 Å². The first-order valence-corrected chi connectivity index (χ1v) is 6.83. The second-order valence-corrected chi connectivity index (χ2v) is 5.40. The number of nitrogens with two attached hydrogens (primary N) is 1. The lowest BCUT2D eigenvalue weighted by Gasteiger charge is -2.21. The molecule has 2 unspecified atom stereocenters. The van der Waals surface area contributed by atoms with Crippen molar-refractivity contribution in [3.8, 4) is 0 Å². The molecule has 2 saturated carbocycles. The van der Waals surface area contributed by atoms with Crippen LogP contribution in [-0.2, 0) is 4.79 Å². The van der Waals surface area contributed by atoms with Crippen molar-refractivity contribution in [1.82, 2.24) is 5.32 Å². The molecule has 2 atom stereocenters. The Balaban J connectivity index is 1.81. The zero-order chi connectivity index (χ0) is 11.4. The van der Waals surface area contributed by atoms with E-state index in [1.807, 2.05) is 0 Å². The number of hydrogen-bond acceptors (Lipinski definition) is 2. The zero-order valence-corrected chi connectivity index (χ0v) is 10.1. The van der Waals surface area contributed by atoms with Crippen molar-refractivity contribution in [3.05, 3.63) is 0 Å². The van der Waals surface area contributed by atoms with E-state index in [1.54, 1.807) is 0 Å². The zero-order valence-electron chi connectivity index (χ0n) is 10.1. The van der Waals surface area contributed by atoms with E-state index in [2.05, 4.69) is 5.32 Å². The maximum absolute atomic E-state index is 12.0. The van der Waals surface area contributed by atoms with Gasteiger partial charge in [-0.25, -0.2) is 0 Å². The van der Waals surface area contributed by atoms with Gasteiger partial charge in [0.2, 0.25) is 5.91 Å². The van der Waals surface area contributed by atoms with Crippen LogP contribution in [0.2, 0.25) is 0 Å². The summed E-state index contributed by atoms with van der Waals surface area (Å²) in [5.41, 5.74) is 5.96. The SMILES string of the molecule is NC1CCCC1C(=O)NC1CCCCCC1. The van der Waals surface area contributed by atoms with Crippen LogP contribution in [0, 0.1) is 5.92 Å². The molecule has 3 N–H and O–H groups in total. The maximum atomic E-state index is 12.0. The molecule has 92 valence electrons. The van der Waals surface area contributed by atoms with E-state index in [0.717, 1.165) is 32.1 Å². The van der Waals surface area contributed by atoms with Gasteiger partial charge in [0.05, 0.1) is 5.92 Å². The van der Waals surface area contributed by atoms with Crippen LogP contribution in [0.4, 0.5) is 0 Å². The average molecular weight is 224 g/mol. The second-order valence-electron chi connectivity index (χ2n) is 5.40. The second kappa shape index (κ2) is 5.67. The van der Waals surface area contributed by atoms with Crippen LogP contribution < -0.4 is 11.1 Å². The van der Waals surface area contributed by atoms with Crippen molar-refractivity contribution in [3.63, 3.8) is 0 Å². The van der Waals surface area contributed by atoms with Gasteiger partial charge < -0.3 is 11.1 Å². The molecule has 3 heteroatoms. The van der Waals surface area contributed by atoms with Gasteiger partial charge in [-0.3, -0.25) is 4.79 Å². The fourth-order valence-electron chi connectivity index (χ4n) is 3.05. The van der Waals surface area contributed by atoms with Gasteiger partial charge in [-0.1, -0.05) is 32.1 Å². The molecule has 2 fully saturated rings. The summed E-state index contributed by atoms with van der Waals surface area (Å²) in [5, 5.41) is 3.21. The van der Waals surface area contributed by atoms with E-state index >= 15 is 0 Å². The van der Waals surface area contributed by atoms with Gasteiger partial charge in [-0.2, -0.15) is 0 Å². The molecule has 16 heavy (non-hydrogen) atoms. The number of carbonyl (C=O) groups excluding carboxylic acids is 1.